The number of aliphatic carboxylic acids is 1. The Balaban J connectivity index is 1.21. The van der Waals surface area contributed by atoms with Crippen LogP contribution in [-0.2, 0) is 24.4 Å². The number of para-hydroxylation sites is 1. The molecule has 2 N–H and O–H groups in total. The molecule has 1 aliphatic rings. The van der Waals surface area contributed by atoms with E-state index < -0.39 is 11.4 Å². The van der Waals surface area contributed by atoms with E-state index in [1.54, 1.807) is 6.20 Å². The van der Waals surface area contributed by atoms with Gasteiger partial charge in [-0.15, -0.1) is 0 Å². The second kappa shape index (κ2) is 10.8. The maximum Gasteiger partial charge on any atom is 0.310 e. The second-order valence-corrected chi connectivity index (χ2v) is 11.2. The number of ether oxygens (including phenoxy) is 1. The number of aromatic amines is 1. The summed E-state index contributed by atoms with van der Waals surface area (Å²) in [6.45, 7) is 0.914. The number of imidazole rings is 1. The number of hydrogen-bond donors (Lipinski definition) is 2. The largest absolute Gasteiger partial charge is 0.487 e. The molecule has 0 spiro atoms. The Morgan fingerprint density at radius 1 is 0.929 bits per heavy atom. The minimum absolute atomic E-state index is 0.340. The predicted molar refractivity (Wildman–Crippen MR) is 161 cm³/mol. The average Bonchev–Trinajstić information content (AvgIpc) is 3.78. The van der Waals surface area contributed by atoms with E-state index in [1.807, 2.05) is 60.7 Å². The van der Waals surface area contributed by atoms with Crippen molar-refractivity contribution in [1.82, 2.24) is 24.7 Å². The highest BCUT2D eigenvalue weighted by Crippen LogP contribution is 2.42. The topological polar surface area (TPSA) is 106 Å². The van der Waals surface area contributed by atoms with Gasteiger partial charge in [-0.05, 0) is 60.4 Å². The summed E-state index contributed by atoms with van der Waals surface area (Å²) in [4.78, 5) is 22.2. The van der Waals surface area contributed by atoms with Gasteiger partial charge in [0.15, 0.2) is 0 Å². The highest BCUT2D eigenvalue weighted by molar-refractivity contribution is 5.80. The maximum absolute atomic E-state index is 12.5. The van der Waals surface area contributed by atoms with Crippen molar-refractivity contribution in [3.63, 3.8) is 0 Å². The molecule has 8 heteroatoms. The number of aromatic nitrogens is 5. The summed E-state index contributed by atoms with van der Waals surface area (Å²) in [5.74, 6) is 0.755. The normalized spacial score (nSPS) is 14.5. The van der Waals surface area contributed by atoms with E-state index in [0.717, 1.165) is 63.1 Å². The van der Waals surface area contributed by atoms with Gasteiger partial charge in [-0.2, -0.15) is 5.10 Å². The van der Waals surface area contributed by atoms with Gasteiger partial charge in [-0.25, -0.2) is 9.97 Å². The van der Waals surface area contributed by atoms with E-state index in [9.17, 15) is 9.90 Å². The van der Waals surface area contributed by atoms with Gasteiger partial charge in [0.2, 0.25) is 0 Å². The lowest BCUT2D eigenvalue weighted by atomic mass is 9.82. The van der Waals surface area contributed by atoms with Crippen LogP contribution in [0.1, 0.15) is 42.8 Å². The fraction of sp³-hybridized carbons (Fsp3) is 0.235. The molecular formula is C34H31N5O3. The first-order valence-corrected chi connectivity index (χ1v) is 14.4. The fourth-order valence-electron chi connectivity index (χ4n) is 6.16. The van der Waals surface area contributed by atoms with E-state index in [0.29, 0.717) is 38.2 Å². The molecule has 7 rings (SSSR count). The summed E-state index contributed by atoms with van der Waals surface area (Å²) < 4.78 is 8.32. The van der Waals surface area contributed by atoms with Crippen molar-refractivity contribution in [1.29, 1.82) is 0 Å². The van der Waals surface area contributed by atoms with Gasteiger partial charge in [0.25, 0.3) is 0 Å². The highest BCUT2D eigenvalue weighted by atomic mass is 16.5. The molecule has 3 aromatic carbocycles. The molecule has 0 saturated heterocycles. The lowest BCUT2D eigenvalue weighted by Gasteiger charge is -2.24. The second-order valence-electron chi connectivity index (χ2n) is 11.2. The molecule has 1 fully saturated rings. The van der Waals surface area contributed by atoms with Crippen LogP contribution in [0.2, 0.25) is 0 Å². The summed E-state index contributed by atoms with van der Waals surface area (Å²) in [6, 6.07) is 28.3. The molecule has 3 aromatic heterocycles. The van der Waals surface area contributed by atoms with Crippen LogP contribution in [0.5, 0.6) is 5.75 Å². The zero-order valence-electron chi connectivity index (χ0n) is 23.2. The molecule has 0 radical (unpaired) electrons. The van der Waals surface area contributed by atoms with E-state index in [2.05, 4.69) is 39.0 Å². The van der Waals surface area contributed by atoms with Crippen molar-refractivity contribution in [3.8, 4) is 17.0 Å². The third-order valence-corrected chi connectivity index (χ3v) is 8.43. The third-order valence-electron chi connectivity index (χ3n) is 8.43. The smallest absolute Gasteiger partial charge is 0.310 e. The fourth-order valence-corrected chi connectivity index (χ4v) is 6.16. The summed E-state index contributed by atoms with van der Waals surface area (Å²) >= 11 is 0. The molecule has 6 aromatic rings. The van der Waals surface area contributed by atoms with Crippen molar-refractivity contribution in [2.24, 2.45) is 5.41 Å². The number of fused-ring (bicyclic) bond motifs is 2. The quantitative estimate of drug-likeness (QED) is 0.203. The number of carboxylic acids is 1. The first-order chi connectivity index (χ1) is 20.6. The van der Waals surface area contributed by atoms with Gasteiger partial charge in [-0.3, -0.25) is 9.89 Å². The number of carbonyl (C=O) groups is 1. The number of pyridine rings is 1. The van der Waals surface area contributed by atoms with Crippen LogP contribution >= 0.6 is 0 Å². The van der Waals surface area contributed by atoms with Crippen molar-refractivity contribution in [2.45, 2.75) is 45.3 Å². The molecule has 3 heterocycles. The zero-order chi connectivity index (χ0) is 28.5. The molecular weight excluding hydrogens is 526 g/mol. The molecule has 0 unspecified atom stereocenters. The molecule has 0 atom stereocenters. The van der Waals surface area contributed by atoms with Crippen LogP contribution in [-0.4, -0.2) is 35.8 Å². The Labute approximate surface area is 243 Å². The number of H-pyrrole nitrogens is 1. The third kappa shape index (κ3) is 5.00. The summed E-state index contributed by atoms with van der Waals surface area (Å²) in [7, 11) is 0. The van der Waals surface area contributed by atoms with Crippen LogP contribution in [0.15, 0.2) is 91.1 Å². The van der Waals surface area contributed by atoms with E-state index >= 15 is 0 Å². The van der Waals surface area contributed by atoms with Crippen LogP contribution in [0, 0.1) is 5.41 Å². The zero-order valence-corrected chi connectivity index (χ0v) is 23.2. The van der Waals surface area contributed by atoms with Crippen LogP contribution < -0.4 is 4.74 Å². The van der Waals surface area contributed by atoms with Gasteiger partial charge in [0.05, 0.1) is 33.4 Å². The number of carboxylic acid groups (broad SMARTS) is 1. The summed E-state index contributed by atoms with van der Waals surface area (Å²) in [6.07, 6.45) is 5.35. The van der Waals surface area contributed by atoms with E-state index in [1.165, 1.54) is 0 Å². The van der Waals surface area contributed by atoms with Gasteiger partial charge >= 0.3 is 5.97 Å². The number of nitrogens with zero attached hydrogens (tertiary/aromatic N) is 4. The summed E-state index contributed by atoms with van der Waals surface area (Å²) in [5.41, 5.74) is 5.84. The molecule has 0 bridgehead atoms. The maximum atomic E-state index is 12.5. The number of hydrogen-bond acceptors (Lipinski definition) is 5. The van der Waals surface area contributed by atoms with Gasteiger partial charge < -0.3 is 14.4 Å². The lowest BCUT2D eigenvalue weighted by molar-refractivity contribution is -0.148. The molecule has 8 nitrogen and oxygen atoms in total. The lowest BCUT2D eigenvalue weighted by Crippen LogP contribution is -2.31. The molecule has 210 valence electrons. The van der Waals surface area contributed by atoms with Gasteiger partial charge in [-0.1, -0.05) is 55.3 Å². The number of nitrogens with one attached hydrogen (secondary N) is 1. The summed E-state index contributed by atoms with van der Waals surface area (Å²) in [5, 5.41) is 18.5. The first kappa shape index (κ1) is 26.0. The first-order valence-electron chi connectivity index (χ1n) is 14.4. The molecule has 0 amide bonds. The Hall–Kier alpha value is -4.98. The average molecular weight is 558 g/mol. The van der Waals surface area contributed by atoms with E-state index in [4.69, 9.17) is 14.7 Å². The van der Waals surface area contributed by atoms with Crippen molar-refractivity contribution in [2.75, 3.05) is 0 Å². The monoisotopic (exact) mass is 557 g/mol. The molecule has 1 aliphatic carbocycles. The standard InChI is InChI=1S/C34H31N5O3/c40-33(41)34(15-3-4-16-34)20-32-37-30-19-27(42-22-26-11-10-24-7-1-2-9-28(24)36-26)12-13-31(30)39(32)21-23-6-5-8-25(18-23)29-14-17-35-38-29/h1-2,5-14,17-19H,3-4,15-16,20-22H2,(H,35,38)(H,40,41). The Morgan fingerprint density at radius 2 is 1.81 bits per heavy atom. The highest BCUT2D eigenvalue weighted by Gasteiger charge is 2.42. The number of rotatable bonds is 9. The number of benzene rings is 3. The molecule has 42 heavy (non-hydrogen) atoms. The van der Waals surface area contributed by atoms with Crippen molar-refractivity contribution >= 4 is 27.9 Å². The van der Waals surface area contributed by atoms with Crippen LogP contribution in [0.25, 0.3) is 33.2 Å². The Morgan fingerprint density at radius 3 is 2.64 bits per heavy atom. The Kier molecular flexibility index (Phi) is 6.66. The minimum Gasteiger partial charge on any atom is -0.487 e. The van der Waals surface area contributed by atoms with Crippen molar-refractivity contribution in [3.05, 3.63) is 108 Å². The SMILES string of the molecule is O=C(O)C1(Cc2nc3cc(OCc4ccc5ccccc5n4)ccc3n2Cc2cccc(-c3ccn[nH]3)c2)CCCC1. The van der Waals surface area contributed by atoms with Crippen LogP contribution in [0.4, 0.5) is 0 Å². The predicted octanol–water partition coefficient (Wildman–Crippen LogP) is 6.79. The molecule has 0 aliphatic heterocycles. The Bertz CT molecular complexity index is 1890. The molecule has 1 saturated carbocycles. The van der Waals surface area contributed by atoms with Crippen LogP contribution in [0.3, 0.4) is 0 Å². The van der Waals surface area contributed by atoms with Gasteiger partial charge in [0.1, 0.15) is 18.2 Å². The van der Waals surface area contributed by atoms with Crippen molar-refractivity contribution < 1.29 is 14.6 Å². The van der Waals surface area contributed by atoms with Gasteiger partial charge in [0, 0.05) is 30.6 Å². The minimum atomic E-state index is -0.780. The van der Waals surface area contributed by atoms with E-state index in [-0.39, 0.29) is 0 Å².